The molecule has 1 aliphatic carbocycles. The number of fused-ring (bicyclic) bond motifs is 1. The third kappa shape index (κ3) is 4.10. The Kier molecular flexibility index (Phi) is 5.33. The molecule has 0 spiro atoms. The lowest BCUT2D eigenvalue weighted by Crippen LogP contribution is -2.39. The van der Waals surface area contributed by atoms with Crippen molar-refractivity contribution in [2.24, 2.45) is 0 Å². The molecule has 2 aliphatic rings. The van der Waals surface area contributed by atoms with Crippen LogP contribution in [0.2, 0.25) is 0 Å². The van der Waals surface area contributed by atoms with Gasteiger partial charge in [-0.05, 0) is 61.8 Å². The van der Waals surface area contributed by atoms with Gasteiger partial charge in [0.25, 0.3) is 0 Å². The lowest BCUT2D eigenvalue weighted by molar-refractivity contribution is -0.123. The largest absolute Gasteiger partial charge is 0.486 e. The molecule has 1 aliphatic heterocycles. The molecule has 2 aromatic carbocycles. The smallest absolute Gasteiger partial charge is 0.227 e. The van der Waals surface area contributed by atoms with Gasteiger partial charge in [-0.2, -0.15) is 0 Å². The van der Waals surface area contributed by atoms with Gasteiger partial charge in [0.1, 0.15) is 13.2 Å². The van der Waals surface area contributed by atoms with E-state index in [2.05, 4.69) is 35.6 Å². The van der Waals surface area contributed by atoms with Crippen molar-refractivity contribution in [1.29, 1.82) is 0 Å². The molecule has 4 heteroatoms. The average Bonchev–Trinajstić information content (AvgIpc) is 2.74. The summed E-state index contributed by atoms with van der Waals surface area (Å²) in [5, 5.41) is 3.26. The van der Waals surface area contributed by atoms with Gasteiger partial charge in [0.15, 0.2) is 11.5 Å². The maximum atomic E-state index is 12.7. The summed E-state index contributed by atoms with van der Waals surface area (Å²) in [7, 11) is 0. The van der Waals surface area contributed by atoms with E-state index >= 15 is 0 Å². The Hall–Kier alpha value is -2.49. The Bertz CT molecular complexity index is 781. The molecule has 1 unspecified atom stereocenters. The molecule has 0 radical (unpaired) electrons. The molecule has 0 bridgehead atoms. The van der Waals surface area contributed by atoms with Crippen molar-refractivity contribution < 1.29 is 14.3 Å². The second kappa shape index (κ2) is 8.03. The Labute approximate surface area is 160 Å². The summed E-state index contributed by atoms with van der Waals surface area (Å²) in [5.74, 6) is 2.01. The van der Waals surface area contributed by atoms with Gasteiger partial charge in [-0.1, -0.05) is 36.4 Å². The number of benzene rings is 2. The van der Waals surface area contributed by atoms with E-state index in [1.807, 2.05) is 25.1 Å². The number of hydrogen-bond donors (Lipinski definition) is 1. The fourth-order valence-electron chi connectivity index (χ4n) is 4.10. The van der Waals surface area contributed by atoms with E-state index in [9.17, 15) is 4.79 Å². The zero-order valence-electron chi connectivity index (χ0n) is 15.8. The van der Waals surface area contributed by atoms with Crippen LogP contribution in [0.15, 0.2) is 48.5 Å². The molecule has 4 rings (SSSR count). The van der Waals surface area contributed by atoms with Gasteiger partial charge in [-0.25, -0.2) is 0 Å². The lowest BCUT2D eigenvalue weighted by atomic mass is 9.81. The molecule has 27 heavy (non-hydrogen) atoms. The number of hydrogen-bond acceptors (Lipinski definition) is 3. The minimum Gasteiger partial charge on any atom is -0.486 e. The molecule has 4 nitrogen and oxygen atoms in total. The Morgan fingerprint density at radius 3 is 2.41 bits per heavy atom. The van der Waals surface area contributed by atoms with Crippen LogP contribution in [0.4, 0.5) is 0 Å². The maximum Gasteiger partial charge on any atom is 0.227 e. The first kappa shape index (κ1) is 17.9. The molecular formula is C23H27NO3. The Morgan fingerprint density at radius 1 is 0.963 bits per heavy atom. The Balaban J connectivity index is 1.33. The molecule has 0 aromatic heterocycles. The zero-order valence-corrected chi connectivity index (χ0v) is 15.8. The highest BCUT2D eigenvalue weighted by Crippen LogP contribution is 2.35. The second-order valence-electron chi connectivity index (χ2n) is 7.59. The summed E-state index contributed by atoms with van der Waals surface area (Å²) in [6, 6.07) is 16.8. The van der Waals surface area contributed by atoms with E-state index < -0.39 is 0 Å². The second-order valence-corrected chi connectivity index (χ2v) is 7.59. The fraction of sp³-hybridized carbons (Fsp3) is 0.435. The van der Waals surface area contributed by atoms with Crippen LogP contribution >= 0.6 is 0 Å². The predicted molar refractivity (Wildman–Crippen MR) is 105 cm³/mol. The van der Waals surface area contributed by atoms with Crippen LogP contribution in [0.25, 0.3) is 0 Å². The molecule has 1 N–H and O–H groups in total. The first-order valence-electron chi connectivity index (χ1n) is 9.95. The molecule has 1 atom stereocenters. The van der Waals surface area contributed by atoms with Gasteiger partial charge in [0.2, 0.25) is 5.91 Å². The number of rotatable bonds is 4. The predicted octanol–water partition coefficient (Wildman–Crippen LogP) is 4.40. The van der Waals surface area contributed by atoms with E-state index in [4.69, 9.17) is 9.47 Å². The Morgan fingerprint density at radius 2 is 1.67 bits per heavy atom. The third-order valence-electron chi connectivity index (χ3n) is 5.80. The van der Waals surface area contributed by atoms with Crippen LogP contribution in [0.5, 0.6) is 11.5 Å². The molecule has 2 aromatic rings. The molecular weight excluding hydrogens is 338 g/mol. The average molecular weight is 365 g/mol. The highest BCUT2D eigenvalue weighted by molar-refractivity contribution is 5.83. The summed E-state index contributed by atoms with van der Waals surface area (Å²) in [4.78, 5) is 12.7. The van der Waals surface area contributed by atoms with Gasteiger partial charge in [0.05, 0.1) is 5.92 Å². The van der Waals surface area contributed by atoms with Crippen molar-refractivity contribution in [3.05, 3.63) is 59.7 Å². The number of carbonyl (C=O) groups excluding carboxylic acids is 1. The molecule has 1 fully saturated rings. The van der Waals surface area contributed by atoms with Crippen LogP contribution in [-0.4, -0.2) is 25.2 Å². The first-order valence-corrected chi connectivity index (χ1v) is 9.95. The van der Waals surface area contributed by atoms with Crippen LogP contribution < -0.4 is 14.8 Å². The van der Waals surface area contributed by atoms with Crippen LogP contribution in [0.3, 0.4) is 0 Å². The number of ether oxygens (including phenoxy) is 2. The van der Waals surface area contributed by atoms with E-state index in [1.165, 1.54) is 5.56 Å². The summed E-state index contributed by atoms with van der Waals surface area (Å²) in [6.07, 6.45) is 4.35. The highest BCUT2D eigenvalue weighted by atomic mass is 16.6. The van der Waals surface area contributed by atoms with Gasteiger partial charge in [-0.3, -0.25) is 4.79 Å². The maximum absolute atomic E-state index is 12.7. The van der Waals surface area contributed by atoms with Crippen molar-refractivity contribution in [2.75, 3.05) is 13.2 Å². The standard InChI is InChI=1S/C23H27NO3/c1-16(19-9-12-21-22(15-19)27-14-13-26-21)23(25)24-20-10-7-18(8-11-20)17-5-3-2-4-6-17/h2-6,9,12,15-16,18,20H,7-8,10-11,13-14H2,1H3,(H,24,25). The topological polar surface area (TPSA) is 47.6 Å². The van der Waals surface area contributed by atoms with E-state index in [1.54, 1.807) is 0 Å². The summed E-state index contributed by atoms with van der Waals surface area (Å²) in [5.41, 5.74) is 2.39. The highest BCUT2D eigenvalue weighted by Gasteiger charge is 2.26. The minimum absolute atomic E-state index is 0.0924. The van der Waals surface area contributed by atoms with Crippen molar-refractivity contribution in [3.63, 3.8) is 0 Å². The molecule has 142 valence electrons. The number of carbonyl (C=O) groups is 1. The fourth-order valence-corrected chi connectivity index (χ4v) is 4.10. The zero-order chi connectivity index (χ0) is 18.6. The van der Waals surface area contributed by atoms with Crippen molar-refractivity contribution in [1.82, 2.24) is 5.32 Å². The van der Waals surface area contributed by atoms with Gasteiger partial charge in [0, 0.05) is 6.04 Å². The molecule has 0 saturated heterocycles. The summed E-state index contributed by atoms with van der Waals surface area (Å²) >= 11 is 0. The van der Waals surface area contributed by atoms with Crippen LogP contribution in [0, 0.1) is 0 Å². The summed E-state index contributed by atoms with van der Waals surface area (Å²) in [6.45, 7) is 3.09. The number of amides is 1. The van der Waals surface area contributed by atoms with Crippen LogP contribution in [0.1, 0.15) is 55.6 Å². The molecule has 1 amide bonds. The van der Waals surface area contributed by atoms with E-state index in [0.717, 1.165) is 42.7 Å². The van der Waals surface area contributed by atoms with Crippen molar-refractivity contribution in [2.45, 2.75) is 50.5 Å². The molecule has 1 saturated carbocycles. The first-order chi connectivity index (χ1) is 13.2. The van der Waals surface area contributed by atoms with Crippen LogP contribution in [-0.2, 0) is 4.79 Å². The third-order valence-corrected chi connectivity index (χ3v) is 5.80. The minimum atomic E-state index is -0.201. The van der Waals surface area contributed by atoms with Crippen molar-refractivity contribution in [3.8, 4) is 11.5 Å². The monoisotopic (exact) mass is 365 g/mol. The normalized spacial score (nSPS) is 22.7. The SMILES string of the molecule is CC(C(=O)NC1CCC(c2ccccc2)CC1)c1ccc2c(c1)OCCO2. The summed E-state index contributed by atoms with van der Waals surface area (Å²) < 4.78 is 11.2. The lowest BCUT2D eigenvalue weighted by Gasteiger charge is -2.30. The van der Waals surface area contributed by atoms with E-state index in [-0.39, 0.29) is 17.9 Å². The number of nitrogens with one attached hydrogen (secondary N) is 1. The van der Waals surface area contributed by atoms with Gasteiger partial charge < -0.3 is 14.8 Å². The van der Waals surface area contributed by atoms with Crippen molar-refractivity contribution >= 4 is 5.91 Å². The van der Waals surface area contributed by atoms with Gasteiger partial charge >= 0.3 is 0 Å². The quantitative estimate of drug-likeness (QED) is 0.873. The van der Waals surface area contributed by atoms with Gasteiger partial charge in [-0.15, -0.1) is 0 Å². The molecule has 1 heterocycles. The van der Waals surface area contributed by atoms with E-state index in [0.29, 0.717) is 19.1 Å².